The topological polar surface area (TPSA) is 100 Å². The van der Waals surface area contributed by atoms with E-state index in [0.717, 1.165) is 41.1 Å². The molecule has 0 unspecified atom stereocenters. The highest BCUT2D eigenvalue weighted by molar-refractivity contribution is 7.18. The maximum Gasteiger partial charge on any atom is 0.222 e. The van der Waals surface area contributed by atoms with E-state index in [-0.39, 0.29) is 5.91 Å². The Kier molecular flexibility index (Phi) is 6.64. The highest BCUT2D eigenvalue weighted by Crippen LogP contribution is 2.32. The number of rotatable bonds is 8. The van der Waals surface area contributed by atoms with Crippen LogP contribution in [0.25, 0.3) is 21.3 Å². The fourth-order valence-electron chi connectivity index (χ4n) is 4.72. The number of H-pyrrole nitrogens is 1. The molecule has 1 amide bonds. The molecule has 0 bridgehead atoms. The molecule has 6 rings (SSSR count). The number of para-hydroxylation sites is 1. The Bertz CT molecular complexity index is 1510. The third-order valence-electron chi connectivity index (χ3n) is 6.62. The molecule has 0 saturated carbocycles. The molecule has 1 saturated heterocycles. The van der Waals surface area contributed by atoms with Crippen LogP contribution in [0.2, 0.25) is 0 Å². The van der Waals surface area contributed by atoms with Gasteiger partial charge in [-0.05, 0) is 30.2 Å². The summed E-state index contributed by atoms with van der Waals surface area (Å²) < 4.78 is 5.86. The van der Waals surface area contributed by atoms with Crippen molar-refractivity contribution in [3.05, 3.63) is 71.4 Å². The Morgan fingerprint density at radius 3 is 2.73 bits per heavy atom. The molecule has 10 heteroatoms. The van der Waals surface area contributed by atoms with E-state index in [4.69, 9.17) is 4.74 Å². The number of ether oxygens (including phenoxy) is 1. The van der Waals surface area contributed by atoms with Crippen molar-refractivity contribution in [3.63, 3.8) is 0 Å². The fraction of sp³-hybridized carbons (Fsp3) is 0.296. The van der Waals surface area contributed by atoms with Gasteiger partial charge in [0.25, 0.3) is 0 Å². The third kappa shape index (κ3) is 5.10. The van der Waals surface area contributed by atoms with E-state index >= 15 is 0 Å². The number of nitrogens with zero attached hydrogens (tertiary/aromatic N) is 6. The lowest BCUT2D eigenvalue weighted by atomic mass is 10.1. The summed E-state index contributed by atoms with van der Waals surface area (Å²) in [5.74, 6) is 1.81. The van der Waals surface area contributed by atoms with E-state index in [9.17, 15) is 4.79 Å². The number of benzene rings is 2. The molecule has 1 aliphatic rings. The Hall–Kier alpha value is -4.05. The van der Waals surface area contributed by atoms with Crippen molar-refractivity contribution in [1.82, 2.24) is 30.3 Å². The van der Waals surface area contributed by atoms with Gasteiger partial charge in [0, 0.05) is 43.9 Å². The number of piperazine rings is 1. The lowest BCUT2D eigenvalue weighted by Crippen LogP contribution is -2.49. The first kappa shape index (κ1) is 23.4. The molecule has 1 N–H and O–H groups in total. The van der Waals surface area contributed by atoms with Crippen LogP contribution in [0, 0.1) is 0 Å². The highest BCUT2D eigenvalue weighted by atomic mass is 32.1. The molecule has 1 aliphatic heterocycles. The van der Waals surface area contributed by atoms with Crippen LogP contribution >= 0.6 is 11.3 Å². The number of carbonyl (C=O) groups is 1. The molecule has 0 atom stereocenters. The van der Waals surface area contributed by atoms with Gasteiger partial charge in [-0.15, -0.1) is 11.3 Å². The van der Waals surface area contributed by atoms with Crippen LogP contribution < -0.4 is 9.64 Å². The molecular formula is C27H27N7O2S. The molecule has 0 radical (unpaired) electrons. The van der Waals surface area contributed by atoms with E-state index in [1.165, 1.54) is 10.4 Å². The molecule has 1 fully saturated rings. The number of hydrogen-bond acceptors (Lipinski definition) is 8. The summed E-state index contributed by atoms with van der Waals surface area (Å²) in [5, 5.41) is 11.9. The molecular weight excluding hydrogens is 486 g/mol. The number of anilines is 1. The van der Waals surface area contributed by atoms with Crippen molar-refractivity contribution in [3.8, 4) is 5.75 Å². The average Bonchev–Trinajstić information content (AvgIpc) is 3.59. The summed E-state index contributed by atoms with van der Waals surface area (Å²) in [6, 6.07) is 18.3. The van der Waals surface area contributed by atoms with Gasteiger partial charge in [0.1, 0.15) is 28.2 Å². The van der Waals surface area contributed by atoms with Crippen LogP contribution in [-0.4, -0.2) is 69.0 Å². The lowest BCUT2D eigenvalue weighted by Gasteiger charge is -2.35. The molecule has 2 aromatic carbocycles. The van der Waals surface area contributed by atoms with Crippen molar-refractivity contribution in [1.29, 1.82) is 0 Å². The van der Waals surface area contributed by atoms with Gasteiger partial charge in [0.2, 0.25) is 5.91 Å². The van der Waals surface area contributed by atoms with E-state index < -0.39 is 0 Å². The van der Waals surface area contributed by atoms with Crippen LogP contribution in [0.1, 0.15) is 23.3 Å². The van der Waals surface area contributed by atoms with Gasteiger partial charge in [0.05, 0.1) is 12.0 Å². The normalized spacial score (nSPS) is 13.9. The van der Waals surface area contributed by atoms with Crippen molar-refractivity contribution in [2.24, 2.45) is 0 Å². The molecule has 9 nitrogen and oxygen atoms in total. The number of aromatic nitrogens is 5. The highest BCUT2D eigenvalue weighted by Gasteiger charge is 2.23. The number of hydrogen-bond donors (Lipinski definition) is 1. The van der Waals surface area contributed by atoms with Gasteiger partial charge < -0.3 is 14.5 Å². The Labute approximate surface area is 218 Å². The van der Waals surface area contributed by atoms with E-state index in [1.807, 2.05) is 29.2 Å². The monoisotopic (exact) mass is 513 g/mol. The van der Waals surface area contributed by atoms with E-state index in [0.29, 0.717) is 43.8 Å². The van der Waals surface area contributed by atoms with Crippen molar-refractivity contribution in [2.45, 2.75) is 19.3 Å². The SMILES string of the molecule is O=C(CCCOc1cccc2n[nH]nc12)N1CCN(c2ncnc3sc(Cc4ccccc4)cc23)CC1. The second-order valence-electron chi connectivity index (χ2n) is 9.06. The zero-order chi connectivity index (χ0) is 25.0. The maximum absolute atomic E-state index is 12.8. The molecule has 0 spiro atoms. The second kappa shape index (κ2) is 10.5. The minimum atomic E-state index is 0.163. The summed E-state index contributed by atoms with van der Waals surface area (Å²) in [5.41, 5.74) is 2.76. The number of fused-ring (bicyclic) bond motifs is 2. The standard InChI is InChI=1S/C27H27N7O2S/c35-24(10-5-15-36-23-9-4-8-22-25(23)31-32-30-22)33-11-13-34(14-12-33)26-21-17-20(37-27(21)29-18-28-26)16-19-6-2-1-3-7-19/h1-4,6-9,17-18H,5,10-16H2,(H,30,31,32). The van der Waals surface area contributed by atoms with Gasteiger partial charge >= 0.3 is 0 Å². The van der Waals surface area contributed by atoms with Crippen LogP contribution in [-0.2, 0) is 11.2 Å². The number of carbonyl (C=O) groups excluding carboxylic acids is 1. The molecule has 3 aromatic heterocycles. The van der Waals surface area contributed by atoms with Crippen LogP contribution in [0.5, 0.6) is 5.75 Å². The number of nitrogens with one attached hydrogen (secondary N) is 1. The smallest absolute Gasteiger partial charge is 0.222 e. The Morgan fingerprint density at radius 2 is 1.86 bits per heavy atom. The molecule has 188 valence electrons. The van der Waals surface area contributed by atoms with Gasteiger partial charge in [-0.2, -0.15) is 15.4 Å². The predicted molar refractivity (Wildman–Crippen MR) is 144 cm³/mol. The molecule has 4 heterocycles. The number of aromatic amines is 1. The predicted octanol–water partition coefficient (Wildman–Crippen LogP) is 4.06. The summed E-state index contributed by atoms with van der Waals surface area (Å²) in [6.45, 7) is 3.34. The number of amides is 1. The van der Waals surface area contributed by atoms with Gasteiger partial charge in [-0.1, -0.05) is 36.4 Å². The fourth-order valence-corrected chi connectivity index (χ4v) is 5.74. The van der Waals surface area contributed by atoms with Crippen molar-refractivity contribution in [2.75, 3.05) is 37.7 Å². The first-order valence-electron chi connectivity index (χ1n) is 12.5. The van der Waals surface area contributed by atoms with E-state index in [1.54, 1.807) is 17.7 Å². The zero-order valence-electron chi connectivity index (χ0n) is 20.3. The van der Waals surface area contributed by atoms with Gasteiger partial charge in [-0.3, -0.25) is 4.79 Å². The molecule has 5 aromatic rings. The molecule has 37 heavy (non-hydrogen) atoms. The second-order valence-corrected chi connectivity index (χ2v) is 10.2. The number of thiophene rings is 1. The summed E-state index contributed by atoms with van der Waals surface area (Å²) in [7, 11) is 0. The summed E-state index contributed by atoms with van der Waals surface area (Å²) in [4.78, 5) is 28.5. The first-order valence-corrected chi connectivity index (χ1v) is 13.3. The average molecular weight is 514 g/mol. The Morgan fingerprint density at radius 1 is 1.00 bits per heavy atom. The lowest BCUT2D eigenvalue weighted by molar-refractivity contribution is -0.131. The molecule has 0 aliphatic carbocycles. The van der Waals surface area contributed by atoms with Crippen LogP contribution in [0.3, 0.4) is 0 Å². The van der Waals surface area contributed by atoms with Crippen molar-refractivity contribution >= 4 is 44.3 Å². The zero-order valence-corrected chi connectivity index (χ0v) is 21.2. The third-order valence-corrected chi connectivity index (χ3v) is 7.66. The van der Waals surface area contributed by atoms with Gasteiger partial charge in [0.15, 0.2) is 5.52 Å². The Balaban J connectivity index is 1.02. The summed E-state index contributed by atoms with van der Waals surface area (Å²) >= 11 is 1.72. The quantitative estimate of drug-likeness (QED) is 0.312. The van der Waals surface area contributed by atoms with Gasteiger partial charge in [-0.25, -0.2) is 9.97 Å². The maximum atomic E-state index is 12.8. The largest absolute Gasteiger partial charge is 0.491 e. The minimum Gasteiger partial charge on any atom is -0.491 e. The van der Waals surface area contributed by atoms with E-state index in [2.05, 4.69) is 60.6 Å². The minimum absolute atomic E-state index is 0.163. The van der Waals surface area contributed by atoms with Crippen molar-refractivity contribution < 1.29 is 9.53 Å². The summed E-state index contributed by atoms with van der Waals surface area (Å²) in [6.07, 6.45) is 3.65. The van der Waals surface area contributed by atoms with Crippen LogP contribution in [0.15, 0.2) is 60.9 Å². The first-order chi connectivity index (χ1) is 18.2. The van der Waals surface area contributed by atoms with Crippen LogP contribution in [0.4, 0.5) is 5.82 Å².